The number of nitrogens with zero attached hydrogens (tertiary/aromatic N) is 1. The smallest absolute Gasteiger partial charge is 0.229 e. The van der Waals surface area contributed by atoms with Gasteiger partial charge in [-0.15, -0.1) is 0 Å². The number of benzene rings is 1. The summed E-state index contributed by atoms with van der Waals surface area (Å²) in [5, 5.41) is 3.39. The molecule has 1 aromatic carbocycles. The van der Waals surface area contributed by atoms with Gasteiger partial charge in [-0.25, -0.2) is 0 Å². The predicted octanol–water partition coefficient (Wildman–Crippen LogP) is 3.38. The number of aryl methyl sites for hydroxylation is 1. The van der Waals surface area contributed by atoms with Crippen molar-refractivity contribution in [1.82, 2.24) is 4.90 Å². The molecule has 5 heteroatoms. The molecule has 1 saturated carbocycles. The van der Waals surface area contributed by atoms with Crippen LogP contribution in [0.5, 0.6) is 0 Å². The first-order valence-corrected chi connectivity index (χ1v) is 8.29. The van der Waals surface area contributed by atoms with Crippen LogP contribution in [-0.2, 0) is 9.59 Å². The fourth-order valence-corrected chi connectivity index (χ4v) is 3.71. The molecule has 1 atom stereocenters. The van der Waals surface area contributed by atoms with Gasteiger partial charge in [0.1, 0.15) is 0 Å². The summed E-state index contributed by atoms with van der Waals surface area (Å²) in [5.74, 6) is -0.271. The minimum atomic E-state index is -0.273. The van der Waals surface area contributed by atoms with Crippen molar-refractivity contribution in [3.05, 3.63) is 28.8 Å². The minimum Gasteiger partial charge on any atom is -0.339 e. The molecule has 1 heterocycles. The van der Waals surface area contributed by atoms with E-state index in [-0.39, 0.29) is 17.7 Å². The third-order valence-corrected chi connectivity index (χ3v) is 4.99. The van der Waals surface area contributed by atoms with Crippen LogP contribution in [-0.4, -0.2) is 29.3 Å². The summed E-state index contributed by atoms with van der Waals surface area (Å²) in [5.41, 5.74) is 1.66. The summed E-state index contributed by atoms with van der Waals surface area (Å²) in [6.45, 7) is 2.49. The number of rotatable bonds is 3. The lowest BCUT2D eigenvalue weighted by Crippen LogP contribution is -2.35. The average molecular weight is 321 g/mol. The van der Waals surface area contributed by atoms with E-state index in [1.807, 2.05) is 24.0 Å². The molecule has 0 bridgehead atoms. The highest BCUT2D eigenvalue weighted by molar-refractivity contribution is 6.33. The normalized spacial score (nSPS) is 22.4. The van der Waals surface area contributed by atoms with Crippen molar-refractivity contribution in [2.45, 2.75) is 45.1 Å². The zero-order chi connectivity index (χ0) is 15.7. The third kappa shape index (κ3) is 3.12. The van der Waals surface area contributed by atoms with Crippen molar-refractivity contribution in [2.75, 3.05) is 11.9 Å². The molecular formula is C17H21ClN2O2. The number of amides is 2. The van der Waals surface area contributed by atoms with Gasteiger partial charge in [-0.3, -0.25) is 9.59 Å². The van der Waals surface area contributed by atoms with E-state index in [1.54, 1.807) is 6.07 Å². The van der Waals surface area contributed by atoms with Crippen LogP contribution in [0.2, 0.25) is 5.02 Å². The molecule has 2 aliphatic rings. The molecule has 1 aliphatic heterocycles. The van der Waals surface area contributed by atoms with Gasteiger partial charge in [0.15, 0.2) is 0 Å². The summed E-state index contributed by atoms with van der Waals surface area (Å²) in [6, 6.07) is 5.88. The molecule has 1 saturated heterocycles. The Balaban J connectivity index is 1.64. The maximum absolute atomic E-state index is 12.4. The lowest BCUT2D eigenvalue weighted by Gasteiger charge is -2.23. The largest absolute Gasteiger partial charge is 0.339 e. The Labute approximate surface area is 135 Å². The van der Waals surface area contributed by atoms with Gasteiger partial charge in [-0.1, -0.05) is 30.5 Å². The Morgan fingerprint density at radius 3 is 2.73 bits per heavy atom. The molecule has 1 N–H and O–H groups in total. The van der Waals surface area contributed by atoms with Crippen LogP contribution in [0.3, 0.4) is 0 Å². The van der Waals surface area contributed by atoms with Crippen molar-refractivity contribution >= 4 is 29.1 Å². The van der Waals surface area contributed by atoms with Crippen molar-refractivity contribution < 1.29 is 9.59 Å². The average Bonchev–Trinajstić information content (AvgIpc) is 3.10. The topological polar surface area (TPSA) is 49.4 Å². The van der Waals surface area contributed by atoms with Gasteiger partial charge in [0.2, 0.25) is 11.8 Å². The van der Waals surface area contributed by atoms with E-state index < -0.39 is 0 Å². The summed E-state index contributed by atoms with van der Waals surface area (Å²) in [7, 11) is 0. The molecule has 0 radical (unpaired) electrons. The van der Waals surface area contributed by atoms with Gasteiger partial charge < -0.3 is 10.2 Å². The number of hydrogen-bond acceptors (Lipinski definition) is 2. The fourth-order valence-electron chi connectivity index (χ4n) is 3.43. The molecule has 22 heavy (non-hydrogen) atoms. The number of halogens is 1. The number of carbonyl (C=O) groups excluding carboxylic acids is 2. The van der Waals surface area contributed by atoms with E-state index in [9.17, 15) is 9.59 Å². The van der Waals surface area contributed by atoms with Crippen LogP contribution >= 0.6 is 11.6 Å². The van der Waals surface area contributed by atoms with E-state index in [2.05, 4.69) is 5.32 Å². The lowest BCUT2D eigenvalue weighted by molar-refractivity contribution is -0.129. The Kier molecular flexibility index (Phi) is 4.39. The van der Waals surface area contributed by atoms with Gasteiger partial charge >= 0.3 is 0 Å². The molecule has 1 aliphatic carbocycles. The quantitative estimate of drug-likeness (QED) is 0.928. The minimum absolute atomic E-state index is 0.111. The van der Waals surface area contributed by atoms with Crippen LogP contribution in [0, 0.1) is 12.8 Å². The van der Waals surface area contributed by atoms with E-state index in [0.717, 1.165) is 18.4 Å². The van der Waals surface area contributed by atoms with Crippen molar-refractivity contribution in [2.24, 2.45) is 5.92 Å². The van der Waals surface area contributed by atoms with Gasteiger partial charge in [0.05, 0.1) is 16.6 Å². The number of likely N-dealkylation sites (tertiary alicyclic amines) is 1. The molecule has 2 fully saturated rings. The first-order valence-electron chi connectivity index (χ1n) is 7.91. The van der Waals surface area contributed by atoms with Gasteiger partial charge in [0, 0.05) is 19.0 Å². The maximum atomic E-state index is 12.4. The number of nitrogens with one attached hydrogen (secondary N) is 1. The second-order valence-electron chi connectivity index (χ2n) is 6.36. The first kappa shape index (κ1) is 15.3. The Morgan fingerprint density at radius 1 is 1.32 bits per heavy atom. The van der Waals surface area contributed by atoms with Gasteiger partial charge in [-0.2, -0.15) is 0 Å². The second kappa shape index (κ2) is 6.29. The van der Waals surface area contributed by atoms with Crippen LogP contribution in [0.4, 0.5) is 5.69 Å². The van der Waals surface area contributed by atoms with Crippen LogP contribution in [0.25, 0.3) is 0 Å². The molecule has 0 aromatic heterocycles. The Hall–Kier alpha value is -1.55. The standard InChI is InChI=1S/C17H21ClN2O2/c1-11-6-7-15(14(18)8-11)19-17(22)12-9-16(21)20(10-12)13-4-2-3-5-13/h6-8,12-13H,2-5,9-10H2,1H3,(H,19,22)/t12-/m1/s1. The first-order chi connectivity index (χ1) is 10.5. The zero-order valence-corrected chi connectivity index (χ0v) is 13.5. The molecule has 0 spiro atoms. The number of anilines is 1. The highest BCUT2D eigenvalue weighted by atomic mass is 35.5. The number of hydrogen-bond donors (Lipinski definition) is 1. The molecule has 2 amide bonds. The number of carbonyl (C=O) groups is 2. The molecule has 3 rings (SSSR count). The Morgan fingerprint density at radius 2 is 2.05 bits per heavy atom. The van der Waals surface area contributed by atoms with E-state index >= 15 is 0 Å². The SMILES string of the molecule is Cc1ccc(NC(=O)[C@@H]2CC(=O)N(C3CCCC3)C2)c(Cl)c1. The summed E-state index contributed by atoms with van der Waals surface area (Å²) >= 11 is 6.15. The fraction of sp³-hybridized carbons (Fsp3) is 0.529. The van der Waals surface area contributed by atoms with Crippen LogP contribution < -0.4 is 5.32 Å². The third-order valence-electron chi connectivity index (χ3n) is 4.68. The zero-order valence-electron chi connectivity index (χ0n) is 12.8. The van der Waals surface area contributed by atoms with E-state index in [1.165, 1.54) is 12.8 Å². The summed E-state index contributed by atoms with van der Waals surface area (Å²) < 4.78 is 0. The maximum Gasteiger partial charge on any atom is 0.229 e. The van der Waals surface area contributed by atoms with Gasteiger partial charge in [0.25, 0.3) is 0 Å². The van der Waals surface area contributed by atoms with Crippen molar-refractivity contribution in [1.29, 1.82) is 0 Å². The van der Waals surface area contributed by atoms with Crippen LogP contribution in [0.15, 0.2) is 18.2 Å². The molecular weight excluding hydrogens is 300 g/mol. The molecule has 118 valence electrons. The molecule has 0 unspecified atom stereocenters. The molecule has 1 aromatic rings. The Bertz CT molecular complexity index is 596. The van der Waals surface area contributed by atoms with Crippen molar-refractivity contribution in [3.8, 4) is 0 Å². The summed E-state index contributed by atoms with van der Waals surface area (Å²) in [4.78, 5) is 26.5. The summed E-state index contributed by atoms with van der Waals surface area (Å²) in [6.07, 6.45) is 4.83. The van der Waals surface area contributed by atoms with Crippen molar-refractivity contribution in [3.63, 3.8) is 0 Å². The molecule has 4 nitrogen and oxygen atoms in total. The monoisotopic (exact) mass is 320 g/mol. The predicted molar refractivity (Wildman–Crippen MR) is 86.9 cm³/mol. The second-order valence-corrected chi connectivity index (χ2v) is 6.77. The van der Waals surface area contributed by atoms with Crippen LogP contribution in [0.1, 0.15) is 37.7 Å². The highest BCUT2D eigenvalue weighted by Gasteiger charge is 2.38. The lowest BCUT2D eigenvalue weighted by atomic mass is 10.1. The van der Waals surface area contributed by atoms with E-state index in [4.69, 9.17) is 11.6 Å². The highest BCUT2D eigenvalue weighted by Crippen LogP contribution is 2.30. The van der Waals surface area contributed by atoms with E-state index in [0.29, 0.717) is 29.7 Å². The van der Waals surface area contributed by atoms with Gasteiger partial charge in [-0.05, 0) is 37.5 Å².